The maximum atomic E-state index is 12.9. The Balaban J connectivity index is 1.78. The maximum absolute atomic E-state index is 12.9. The van der Waals surface area contributed by atoms with Gasteiger partial charge in [0.15, 0.2) is 0 Å². The molecule has 5 heteroatoms. The molecular weight excluding hydrogens is 450 g/mol. The summed E-state index contributed by atoms with van der Waals surface area (Å²) in [6.45, 7) is 10.3. The van der Waals surface area contributed by atoms with E-state index in [1.807, 2.05) is 18.2 Å². The van der Waals surface area contributed by atoms with Gasteiger partial charge in [-0.1, -0.05) is 78.4 Å². The lowest BCUT2D eigenvalue weighted by Gasteiger charge is -2.20. The first-order valence-corrected chi connectivity index (χ1v) is 13.8. The molecule has 0 N–H and O–H groups in total. The van der Waals surface area contributed by atoms with Crippen molar-refractivity contribution in [2.24, 2.45) is 11.8 Å². The topological polar surface area (TPSA) is 55.8 Å². The molecule has 1 aliphatic rings. The van der Waals surface area contributed by atoms with Crippen LogP contribution in [-0.4, -0.2) is 29.9 Å². The van der Waals surface area contributed by atoms with Crippen molar-refractivity contribution < 1.29 is 19.1 Å². The fraction of sp³-hybridized carbons (Fsp3) is 0.548. The van der Waals surface area contributed by atoms with E-state index in [-0.39, 0.29) is 18.4 Å². The predicted molar refractivity (Wildman–Crippen MR) is 145 cm³/mol. The molecule has 0 saturated carbocycles. The molecule has 2 aromatic carbocycles. The number of unbranched alkanes of at least 4 members (excludes halogenated alkanes) is 2. The molecule has 196 valence electrons. The van der Waals surface area contributed by atoms with Crippen LogP contribution in [0.5, 0.6) is 11.5 Å². The Morgan fingerprint density at radius 2 is 1.19 bits per heavy atom. The van der Waals surface area contributed by atoms with Crippen molar-refractivity contribution in [3.8, 4) is 11.5 Å². The predicted octanol–water partition coefficient (Wildman–Crippen LogP) is 7.67. The minimum Gasteiger partial charge on any atom is -0.493 e. The number of nitrogens with zero attached hydrogens (tertiary/aromatic N) is 1. The first-order valence-electron chi connectivity index (χ1n) is 13.8. The van der Waals surface area contributed by atoms with E-state index in [1.54, 1.807) is 24.3 Å². The van der Waals surface area contributed by atoms with Crippen LogP contribution in [0.25, 0.3) is 0 Å². The van der Waals surface area contributed by atoms with Crippen molar-refractivity contribution in [1.82, 2.24) is 4.90 Å². The van der Waals surface area contributed by atoms with Crippen LogP contribution in [0.1, 0.15) is 105 Å². The molecule has 5 nitrogen and oxygen atoms in total. The monoisotopic (exact) mass is 493 g/mol. The van der Waals surface area contributed by atoms with Gasteiger partial charge in [0, 0.05) is 6.07 Å². The highest BCUT2D eigenvalue weighted by molar-refractivity contribution is 6.21. The average molecular weight is 494 g/mol. The Kier molecular flexibility index (Phi) is 10.8. The van der Waals surface area contributed by atoms with Crippen LogP contribution in [-0.2, 0) is 6.54 Å². The molecule has 0 aromatic heterocycles. The van der Waals surface area contributed by atoms with Crippen LogP contribution in [0, 0.1) is 11.8 Å². The SMILES string of the molecule is CCCCC(CC)COc1cc(CN2C(=O)c3ccccc3C2=O)cc(OCC(CC)CCCC)c1. The van der Waals surface area contributed by atoms with Crippen molar-refractivity contribution in [2.45, 2.75) is 85.6 Å². The van der Waals surface area contributed by atoms with Crippen LogP contribution < -0.4 is 9.47 Å². The maximum Gasteiger partial charge on any atom is 0.261 e. The first kappa shape index (κ1) is 27.8. The van der Waals surface area contributed by atoms with E-state index in [2.05, 4.69) is 27.7 Å². The molecule has 0 saturated heterocycles. The van der Waals surface area contributed by atoms with E-state index in [1.165, 1.54) is 30.6 Å². The summed E-state index contributed by atoms with van der Waals surface area (Å²) in [5.41, 5.74) is 1.77. The summed E-state index contributed by atoms with van der Waals surface area (Å²) >= 11 is 0. The van der Waals surface area contributed by atoms with E-state index >= 15 is 0 Å². The van der Waals surface area contributed by atoms with Crippen LogP contribution >= 0.6 is 0 Å². The Hall–Kier alpha value is -2.82. The molecule has 2 amide bonds. The van der Waals surface area contributed by atoms with Crippen molar-refractivity contribution >= 4 is 11.8 Å². The second-order valence-corrected chi connectivity index (χ2v) is 10.0. The molecule has 2 atom stereocenters. The van der Waals surface area contributed by atoms with Crippen molar-refractivity contribution in [2.75, 3.05) is 13.2 Å². The van der Waals surface area contributed by atoms with Gasteiger partial charge in [0.05, 0.1) is 30.9 Å². The number of hydrogen-bond donors (Lipinski definition) is 0. The second-order valence-electron chi connectivity index (χ2n) is 10.0. The minimum atomic E-state index is -0.249. The second kappa shape index (κ2) is 14.1. The molecular formula is C31H43NO4. The zero-order valence-corrected chi connectivity index (χ0v) is 22.6. The highest BCUT2D eigenvalue weighted by Gasteiger charge is 2.35. The molecule has 0 fully saturated rings. The van der Waals surface area contributed by atoms with Gasteiger partial charge in [0.25, 0.3) is 11.8 Å². The number of ether oxygens (including phenoxy) is 2. The van der Waals surface area contributed by atoms with Crippen LogP contribution in [0.15, 0.2) is 42.5 Å². The Morgan fingerprint density at radius 1 is 0.722 bits per heavy atom. The van der Waals surface area contributed by atoms with Gasteiger partial charge in [0.1, 0.15) is 11.5 Å². The van der Waals surface area contributed by atoms with Crippen molar-refractivity contribution in [1.29, 1.82) is 0 Å². The lowest BCUT2D eigenvalue weighted by Crippen LogP contribution is -2.29. The number of carbonyl (C=O) groups is 2. The molecule has 3 rings (SSSR count). The lowest BCUT2D eigenvalue weighted by molar-refractivity contribution is 0.0642. The number of carbonyl (C=O) groups excluding carboxylic acids is 2. The van der Waals surface area contributed by atoms with E-state index in [9.17, 15) is 9.59 Å². The highest BCUT2D eigenvalue weighted by Crippen LogP contribution is 2.29. The Labute approximate surface area is 217 Å². The molecule has 0 aliphatic carbocycles. The van der Waals surface area contributed by atoms with Gasteiger partial charge in [-0.25, -0.2) is 0 Å². The summed E-state index contributed by atoms with van der Waals surface area (Å²) in [6.07, 6.45) is 9.23. The number of benzene rings is 2. The van der Waals surface area contributed by atoms with Crippen molar-refractivity contribution in [3.05, 3.63) is 59.2 Å². The summed E-state index contributed by atoms with van der Waals surface area (Å²) in [6, 6.07) is 12.8. The van der Waals surface area contributed by atoms with Gasteiger partial charge in [-0.3, -0.25) is 14.5 Å². The molecule has 1 heterocycles. The van der Waals surface area contributed by atoms with Crippen LogP contribution in [0.3, 0.4) is 0 Å². The third-order valence-electron chi connectivity index (χ3n) is 7.22. The third-order valence-corrected chi connectivity index (χ3v) is 7.22. The zero-order valence-electron chi connectivity index (χ0n) is 22.6. The highest BCUT2D eigenvalue weighted by atomic mass is 16.5. The molecule has 0 bridgehead atoms. The number of amides is 2. The largest absolute Gasteiger partial charge is 0.493 e. The molecule has 1 aliphatic heterocycles. The fourth-order valence-electron chi connectivity index (χ4n) is 4.68. The zero-order chi connectivity index (χ0) is 25.9. The number of fused-ring (bicyclic) bond motifs is 1. The number of rotatable bonds is 16. The number of imide groups is 1. The van der Waals surface area contributed by atoms with Gasteiger partial charge in [-0.15, -0.1) is 0 Å². The van der Waals surface area contributed by atoms with Gasteiger partial charge in [-0.2, -0.15) is 0 Å². The first-order chi connectivity index (χ1) is 17.5. The molecule has 36 heavy (non-hydrogen) atoms. The van der Waals surface area contributed by atoms with Gasteiger partial charge in [0.2, 0.25) is 0 Å². The summed E-state index contributed by atoms with van der Waals surface area (Å²) in [5.74, 6) is 1.98. The van der Waals surface area contributed by atoms with E-state index in [0.29, 0.717) is 36.2 Å². The molecule has 0 radical (unpaired) electrons. The normalized spacial score (nSPS) is 14.6. The summed E-state index contributed by atoms with van der Waals surface area (Å²) in [7, 11) is 0. The molecule has 0 spiro atoms. The van der Waals surface area contributed by atoms with E-state index in [0.717, 1.165) is 42.7 Å². The van der Waals surface area contributed by atoms with Gasteiger partial charge >= 0.3 is 0 Å². The van der Waals surface area contributed by atoms with Gasteiger partial charge in [-0.05, 0) is 54.5 Å². The van der Waals surface area contributed by atoms with Crippen molar-refractivity contribution in [3.63, 3.8) is 0 Å². The van der Waals surface area contributed by atoms with E-state index < -0.39 is 0 Å². The Bertz CT molecular complexity index is 929. The Morgan fingerprint density at radius 3 is 1.61 bits per heavy atom. The van der Waals surface area contributed by atoms with Crippen LogP contribution in [0.4, 0.5) is 0 Å². The summed E-state index contributed by atoms with van der Waals surface area (Å²) in [5, 5.41) is 0. The average Bonchev–Trinajstić information content (AvgIpc) is 3.14. The molecule has 2 aromatic rings. The smallest absolute Gasteiger partial charge is 0.261 e. The van der Waals surface area contributed by atoms with Crippen LogP contribution in [0.2, 0.25) is 0 Å². The quantitative estimate of drug-likeness (QED) is 0.225. The lowest BCUT2D eigenvalue weighted by atomic mass is 10.0. The minimum absolute atomic E-state index is 0.194. The standard InChI is InChI=1S/C31H43NO4/c1-5-9-13-23(7-3)21-35-26-17-25(18-27(19-26)36-22-24(8-4)14-10-6-2)20-32-30(33)28-15-11-12-16-29(28)31(32)34/h11-12,15-19,23-24H,5-10,13-14,20-22H2,1-4H3. The summed E-state index contributed by atoms with van der Waals surface area (Å²) in [4.78, 5) is 27.2. The third kappa shape index (κ3) is 7.35. The van der Waals surface area contributed by atoms with Gasteiger partial charge < -0.3 is 9.47 Å². The van der Waals surface area contributed by atoms with E-state index in [4.69, 9.17) is 9.47 Å². The summed E-state index contributed by atoms with van der Waals surface area (Å²) < 4.78 is 12.5. The molecule has 2 unspecified atom stereocenters. The fourth-order valence-corrected chi connectivity index (χ4v) is 4.68. The number of hydrogen-bond acceptors (Lipinski definition) is 4.